The minimum Gasteiger partial charge on any atom is -0.870 e. The largest absolute Gasteiger partial charge is 1.00 e. The molecule has 0 radical (unpaired) electrons. The Kier molecular flexibility index (Phi) is 45.2. The standard InChI is InChI=1S/C21H19O2P.C14H23NO4.2C13H21NO4.C13H23NO2.C10H17NO3.C8H15N.C3H9IOS.CH4.ClH.Li.H2O/c1-23-21(22)17-24(18-11-5-2-6-12-18,19-13-7-3-8-14-19)20-15-9-4-10-16-20;1-13(2,3)19-12(17)15-7-5-14(6-8-15)9-10(14)11(16)18-4;1-12(2,3)18-11(17)14-6-4-13(5-7-14)8-9(13)10(15)16;1-13(2,3)18-12(16)14-7-5-10(6-8-14)9-11(15)17-4;1-10-9-13(10)5-7-14(8-6-13)11(15)16-12(2,3)4;1-10(2,3)14-9(13)11-6-4-8(12)5-7-11;1-7-6-8(7)2-4-9-5-3-8;1-6(2,3,4)5;;;;/h2-17H,1H3;10H,5-9H2,1-4H3;9H,4-8H2,1-3H3,(H,15,16);9H,5-8H2,1-4H3;10H,5-9H2,1-4H3;4-7H2,1-3H3;7,9H,2-6H2,1H3;1-3H3;1H4;1H;;1H2/q;;;;;;;;;;+1;/p-1. The summed E-state index contributed by atoms with van der Waals surface area (Å²) in [6.45, 7) is 39.4. The van der Waals surface area contributed by atoms with Gasteiger partial charge in [0.25, 0.3) is 0 Å². The number of carbonyl (C=O) groups is 10. The van der Waals surface area contributed by atoms with Crippen LogP contribution in [-0.2, 0) is 68.1 Å². The van der Waals surface area contributed by atoms with E-state index in [1.165, 1.54) is 66.2 Å². The van der Waals surface area contributed by atoms with Crippen molar-refractivity contribution in [2.24, 2.45) is 45.3 Å². The van der Waals surface area contributed by atoms with E-state index in [9.17, 15) is 52.2 Å². The normalized spacial score (nSPS) is 20.8. The number of nitrogens with one attached hydrogen (secondary N) is 1. The molecular weight excluding hydrogens is 1810 g/mol. The number of methoxy groups -OCH3 is 3. The van der Waals surface area contributed by atoms with Gasteiger partial charge in [0.15, 0.2) is 0 Å². The molecule has 4 spiro atoms. The van der Waals surface area contributed by atoms with Crippen molar-refractivity contribution in [3.05, 3.63) is 103 Å². The maximum Gasteiger partial charge on any atom is 1.00 e. The number of carbonyl (C=O) groups excluding carboxylic acids is 9. The molecule has 0 bridgehead atoms. The summed E-state index contributed by atoms with van der Waals surface area (Å²) in [5.74, 6) is 2.31. The monoisotopic (exact) mass is 1960 g/mol. The summed E-state index contributed by atoms with van der Waals surface area (Å²) in [6.07, 6.45) is 18.7. The molecule has 10 aliphatic rings. The third-order valence-electron chi connectivity index (χ3n) is 23.7. The fraction of sp³-hybridized carbons (Fsp3) is 0.677. The topological polar surface area (TPSA) is 340 Å². The predicted molar refractivity (Wildman–Crippen MR) is 515 cm³/mol. The zero-order chi connectivity index (χ0) is 92.9. The van der Waals surface area contributed by atoms with Crippen LogP contribution in [0.1, 0.15) is 228 Å². The van der Waals surface area contributed by atoms with Gasteiger partial charge in [0, 0.05) is 111 Å². The Morgan fingerprint density at radius 1 is 0.438 bits per heavy atom. The first-order chi connectivity index (χ1) is 57.4. The first kappa shape index (κ1) is 117. The Labute approximate surface area is 794 Å². The number of benzene rings is 3. The Balaban J connectivity index is 0.000000503. The molecule has 6 heterocycles. The van der Waals surface area contributed by atoms with Gasteiger partial charge in [-0.05, 0) is 282 Å². The zero-order valence-electron chi connectivity index (χ0n) is 80.5. The van der Waals surface area contributed by atoms with Gasteiger partial charge in [-0.1, -0.05) is 124 Å². The van der Waals surface area contributed by atoms with Crippen LogP contribution in [0.3, 0.4) is 0 Å². The summed E-state index contributed by atoms with van der Waals surface area (Å²) in [7, 11) is 4.22. The van der Waals surface area contributed by atoms with E-state index in [1.54, 1.807) is 44.2 Å². The van der Waals surface area contributed by atoms with Gasteiger partial charge in [-0.25, -0.2) is 33.6 Å². The van der Waals surface area contributed by atoms with E-state index in [-0.39, 0.29) is 127 Å². The van der Waals surface area contributed by atoms with Crippen LogP contribution in [0.2, 0.25) is 0 Å². The Bertz CT molecular complexity index is 4110. The molecule has 720 valence electrons. The number of Topliss-reactive ketones (excluding diaryl/α,β-unsaturated/α-hetero) is 1. The summed E-state index contributed by atoms with van der Waals surface area (Å²) >= 11 is 1.96. The molecule has 3 aromatic carbocycles. The van der Waals surface area contributed by atoms with Crippen LogP contribution in [0.4, 0.5) is 24.0 Å². The van der Waals surface area contributed by atoms with E-state index in [1.807, 2.05) is 185 Å². The van der Waals surface area contributed by atoms with Crippen molar-refractivity contribution in [3.8, 4) is 0 Å². The number of aliphatic carboxylic acids is 1. The van der Waals surface area contributed by atoms with E-state index in [2.05, 4.69) is 60.3 Å². The SMILES string of the molecule is C.CC(C)(C)OC(=O)N1CCC(=O)CC1.CC(C)(C)OC(=O)N1CCC2(CC1)CC2C(=O)O.CC1CC12CCN(C(=O)OC(C)(C)C)CC2.CC1CC12CCNCC2.COC(=O)C1CC12CCN(C(=O)OC(C)(C)C)CC2.COC(=O)C=C1CCN(C(=O)OC(C)(C)C)CC1.COC(=O)C=P(c1ccccc1)(c1ccccc1)c1ccccc1.CS(C)(C)(=O)I.Cl.[Li+].[OH-]. The number of carboxylic acid groups (broad SMARTS) is 1. The van der Waals surface area contributed by atoms with Crippen LogP contribution in [0.15, 0.2) is 103 Å². The zero-order valence-corrected chi connectivity index (χ0v) is 85.1. The molecular formula is C96H154ClILiN6O21PS. The van der Waals surface area contributed by atoms with Crippen LogP contribution in [-0.4, -0.2) is 252 Å². The minimum atomic E-state index is -2.23. The number of rotatable bonds is 7. The van der Waals surface area contributed by atoms with Crippen molar-refractivity contribution in [1.82, 2.24) is 29.8 Å². The summed E-state index contributed by atoms with van der Waals surface area (Å²) in [5.41, 5.74) is 0.230. The summed E-state index contributed by atoms with van der Waals surface area (Å²) in [6, 6.07) is 30.6. The molecule has 13 rings (SSSR count). The smallest absolute Gasteiger partial charge is 0.870 e. The third kappa shape index (κ3) is 39.6. The Hall–Kier alpha value is -6.71. The molecule has 4 atom stereocenters. The average molecular weight is 1960 g/mol. The van der Waals surface area contributed by atoms with E-state index in [0.29, 0.717) is 83.5 Å². The second kappa shape index (κ2) is 49.3. The quantitative estimate of drug-likeness (QED) is 0.0422. The molecule has 0 aromatic heterocycles. The van der Waals surface area contributed by atoms with Crippen molar-refractivity contribution in [1.29, 1.82) is 0 Å². The second-order valence-corrected chi connectivity index (χ2v) is 57.4. The van der Waals surface area contributed by atoms with Gasteiger partial charge in [0.05, 0.1) is 33.2 Å². The molecule has 4 aliphatic carbocycles. The fourth-order valence-corrected chi connectivity index (χ4v) is 19.9. The number of amides is 5. The molecule has 3 aromatic rings. The number of ketones is 1. The summed E-state index contributed by atoms with van der Waals surface area (Å²) in [5, 5.41) is 15.8. The maximum absolute atomic E-state index is 12.3. The van der Waals surface area contributed by atoms with Gasteiger partial charge in [-0.3, -0.25) is 18.6 Å². The number of likely N-dealkylation sites (tertiary alicyclic amines) is 5. The number of hydrogen-bond donors (Lipinski definition) is 2. The molecule has 4 unspecified atom stereocenters. The molecule has 5 amide bonds. The van der Waals surface area contributed by atoms with Gasteiger partial charge < -0.3 is 78.3 Å². The van der Waals surface area contributed by atoms with Crippen LogP contribution < -0.4 is 40.1 Å². The molecule has 32 heteroatoms. The number of halogens is 2. The molecule has 3 N–H and O–H groups in total. The van der Waals surface area contributed by atoms with Crippen LogP contribution >= 0.6 is 40.5 Å². The van der Waals surface area contributed by atoms with Crippen molar-refractivity contribution >= 4 is 129 Å². The molecule has 128 heavy (non-hydrogen) atoms. The summed E-state index contributed by atoms with van der Waals surface area (Å²) in [4.78, 5) is 124. The number of ether oxygens (including phenoxy) is 8. The molecule has 27 nitrogen and oxygen atoms in total. The van der Waals surface area contributed by atoms with Gasteiger partial charge >= 0.3 is 73.2 Å². The average Bonchev–Trinajstić information content (AvgIpc) is 0.812. The summed E-state index contributed by atoms with van der Waals surface area (Å²) < 4.78 is 51.7. The first-order valence-electron chi connectivity index (χ1n) is 43.9. The van der Waals surface area contributed by atoms with Gasteiger partial charge in [0.2, 0.25) is 0 Å². The van der Waals surface area contributed by atoms with Crippen LogP contribution in [0, 0.1) is 45.3 Å². The molecule has 10 fully saturated rings. The van der Waals surface area contributed by atoms with Gasteiger partial charge in [-0.2, -0.15) is 0 Å². The van der Waals surface area contributed by atoms with Crippen molar-refractivity contribution < 1.29 is 119 Å². The van der Waals surface area contributed by atoms with Crippen molar-refractivity contribution in [2.75, 3.05) is 119 Å². The number of nitrogens with zero attached hydrogens (tertiary/aromatic N) is 5. The van der Waals surface area contributed by atoms with E-state index in [4.69, 9.17) is 38.3 Å². The van der Waals surface area contributed by atoms with Crippen LogP contribution in [0.5, 0.6) is 0 Å². The van der Waals surface area contributed by atoms with Gasteiger partial charge in [0.1, 0.15) is 33.8 Å². The molecule has 6 saturated heterocycles. The third-order valence-corrected chi connectivity index (χ3v) is 27.7. The van der Waals surface area contributed by atoms with E-state index >= 15 is 0 Å². The Morgan fingerprint density at radius 3 is 0.945 bits per heavy atom. The van der Waals surface area contributed by atoms with E-state index in [0.717, 1.165) is 103 Å². The number of esters is 3. The van der Waals surface area contributed by atoms with Crippen LogP contribution in [0.25, 0.3) is 0 Å². The van der Waals surface area contributed by atoms with Crippen molar-refractivity contribution in [3.63, 3.8) is 0 Å². The molecule has 6 aliphatic heterocycles. The fourth-order valence-electron chi connectivity index (χ4n) is 16.2. The minimum absolute atomic E-state index is 0. The number of carboxylic acids is 1. The first-order valence-corrected chi connectivity index (χ1v) is 51.5. The molecule has 4 saturated carbocycles. The van der Waals surface area contributed by atoms with Crippen molar-refractivity contribution in [2.45, 2.75) is 256 Å². The van der Waals surface area contributed by atoms with E-state index < -0.39 is 41.5 Å². The number of hydrogen-bond acceptors (Lipinski definition) is 21. The maximum atomic E-state index is 12.3. The number of piperidine rings is 6. The second-order valence-electron chi connectivity index (χ2n) is 40.6. The predicted octanol–water partition coefficient (Wildman–Crippen LogP) is 14.3. The van der Waals surface area contributed by atoms with Gasteiger partial charge in [-0.15, -0.1) is 12.4 Å². The Morgan fingerprint density at radius 2 is 0.695 bits per heavy atom.